The molecule has 17 heavy (non-hydrogen) atoms. The van der Waals surface area contributed by atoms with E-state index in [1.807, 2.05) is 6.92 Å². The van der Waals surface area contributed by atoms with Gasteiger partial charge in [0.05, 0.1) is 0 Å². The maximum Gasteiger partial charge on any atom is 0.425 e. The van der Waals surface area contributed by atoms with E-state index in [4.69, 9.17) is 10.5 Å². The highest BCUT2D eigenvalue weighted by molar-refractivity contribution is 5.35. The summed E-state index contributed by atoms with van der Waals surface area (Å²) < 4.78 is 42.1. The summed E-state index contributed by atoms with van der Waals surface area (Å²) in [5.41, 5.74) is 6.42. The van der Waals surface area contributed by atoms with Crippen LogP contribution in [0.1, 0.15) is 31.9 Å². The van der Waals surface area contributed by atoms with Gasteiger partial charge < -0.3 is 10.5 Å². The third-order valence-corrected chi connectivity index (χ3v) is 2.52. The fourth-order valence-corrected chi connectivity index (χ4v) is 1.37. The molecule has 0 aliphatic rings. The summed E-state index contributed by atoms with van der Waals surface area (Å²) in [7, 11) is 0. The van der Waals surface area contributed by atoms with E-state index in [-0.39, 0.29) is 11.8 Å². The molecule has 1 aromatic carbocycles. The van der Waals surface area contributed by atoms with E-state index in [1.165, 1.54) is 6.07 Å². The van der Waals surface area contributed by atoms with E-state index in [9.17, 15) is 13.2 Å². The fourth-order valence-electron chi connectivity index (χ4n) is 1.37. The van der Waals surface area contributed by atoms with Gasteiger partial charge in [-0.25, -0.2) is 0 Å². The topological polar surface area (TPSA) is 35.2 Å². The van der Waals surface area contributed by atoms with Gasteiger partial charge >= 0.3 is 6.18 Å². The number of nitrogens with two attached hydrogens (primary N) is 1. The fraction of sp³-hybridized carbons (Fsp3) is 0.500. The first-order valence-corrected chi connectivity index (χ1v) is 5.44. The molecule has 2 nitrogen and oxygen atoms in total. The summed E-state index contributed by atoms with van der Waals surface area (Å²) in [6, 6.07) is 6.24. The van der Waals surface area contributed by atoms with Crippen LogP contribution in [0.25, 0.3) is 0 Å². The van der Waals surface area contributed by atoms with E-state index in [1.54, 1.807) is 18.2 Å². The SMILES string of the molecule is CC[C@@H](N)c1ccccc1OC(C)C(F)(F)F. The van der Waals surface area contributed by atoms with Crippen molar-refractivity contribution in [1.82, 2.24) is 0 Å². The first-order chi connectivity index (χ1) is 7.86. The normalized spacial score (nSPS) is 15.4. The molecule has 2 atom stereocenters. The lowest BCUT2D eigenvalue weighted by molar-refractivity contribution is -0.189. The summed E-state index contributed by atoms with van der Waals surface area (Å²) in [6.45, 7) is 2.85. The van der Waals surface area contributed by atoms with Crippen LogP contribution < -0.4 is 10.5 Å². The molecule has 0 aromatic heterocycles. The Hall–Kier alpha value is -1.23. The number of rotatable bonds is 4. The maximum atomic E-state index is 12.4. The van der Waals surface area contributed by atoms with Crippen molar-refractivity contribution in [3.05, 3.63) is 29.8 Å². The molecule has 0 heterocycles. The Bertz CT molecular complexity index is 365. The van der Waals surface area contributed by atoms with Crippen LogP contribution in [-0.4, -0.2) is 12.3 Å². The Morgan fingerprint density at radius 2 is 1.88 bits per heavy atom. The Morgan fingerprint density at radius 3 is 2.41 bits per heavy atom. The number of ether oxygens (including phenoxy) is 1. The van der Waals surface area contributed by atoms with Crippen molar-refractivity contribution in [1.29, 1.82) is 0 Å². The molecule has 0 bridgehead atoms. The average molecular weight is 247 g/mol. The van der Waals surface area contributed by atoms with Crippen molar-refractivity contribution in [2.75, 3.05) is 0 Å². The van der Waals surface area contributed by atoms with Crippen molar-refractivity contribution in [2.45, 2.75) is 38.6 Å². The zero-order valence-electron chi connectivity index (χ0n) is 9.79. The molecule has 2 N–H and O–H groups in total. The van der Waals surface area contributed by atoms with Gasteiger partial charge in [-0.05, 0) is 19.4 Å². The second kappa shape index (κ2) is 5.40. The molecule has 96 valence electrons. The minimum absolute atomic E-state index is 0.201. The molecule has 0 fully saturated rings. The lowest BCUT2D eigenvalue weighted by Gasteiger charge is -2.21. The smallest absolute Gasteiger partial charge is 0.425 e. The van der Waals surface area contributed by atoms with Crippen LogP contribution in [0.5, 0.6) is 5.75 Å². The van der Waals surface area contributed by atoms with E-state index in [0.717, 1.165) is 6.92 Å². The number of para-hydroxylation sites is 1. The molecule has 0 saturated carbocycles. The highest BCUT2D eigenvalue weighted by Crippen LogP contribution is 2.30. The van der Waals surface area contributed by atoms with Crippen LogP contribution in [0.3, 0.4) is 0 Å². The summed E-state index contributed by atoms with van der Waals surface area (Å²) >= 11 is 0. The third-order valence-electron chi connectivity index (χ3n) is 2.52. The quantitative estimate of drug-likeness (QED) is 0.884. The highest BCUT2D eigenvalue weighted by atomic mass is 19.4. The third kappa shape index (κ3) is 3.63. The van der Waals surface area contributed by atoms with Crippen LogP contribution in [0, 0.1) is 0 Å². The molecule has 1 aromatic rings. The van der Waals surface area contributed by atoms with Crippen molar-refractivity contribution < 1.29 is 17.9 Å². The number of hydrogen-bond donors (Lipinski definition) is 1. The molecule has 0 spiro atoms. The van der Waals surface area contributed by atoms with Gasteiger partial charge in [0.15, 0.2) is 6.10 Å². The largest absolute Gasteiger partial charge is 0.481 e. The summed E-state index contributed by atoms with van der Waals surface area (Å²) in [4.78, 5) is 0. The summed E-state index contributed by atoms with van der Waals surface area (Å²) in [6.07, 6.45) is -5.57. The summed E-state index contributed by atoms with van der Waals surface area (Å²) in [5, 5.41) is 0. The van der Waals surface area contributed by atoms with Crippen LogP contribution in [0.2, 0.25) is 0 Å². The van der Waals surface area contributed by atoms with Gasteiger partial charge in [-0.1, -0.05) is 25.1 Å². The molecule has 0 radical (unpaired) electrons. The van der Waals surface area contributed by atoms with Crippen LogP contribution >= 0.6 is 0 Å². The van der Waals surface area contributed by atoms with Gasteiger partial charge in [-0.15, -0.1) is 0 Å². The Morgan fingerprint density at radius 1 is 1.29 bits per heavy atom. The molecule has 0 saturated heterocycles. The number of benzene rings is 1. The van der Waals surface area contributed by atoms with Gasteiger partial charge in [0, 0.05) is 11.6 Å². The Labute approximate surface area is 98.6 Å². The van der Waals surface area contributed by atoms with Crippen molar-refractivity contribution in [3.63, 3.8) is 0 Å². The minimum Gasteiger partial charge on any atom is -0.481 e. The molecular formula is C12H16F3NO. The lowest BCUT2D eigenvalue weighted by atomic mass is 10.0. The number of halogens is 3. The van der Waals surface area contributed by atoms with E-state index in [2.05, 4.69) is 0 Å². The number of hydrogen-bond acceptors (Lipinski definition) is 2. The van der Waals surface area contributed by atoms with Crippen molar-refractivity contribution >= 4 is 0 Å². The maximum absolute atomic E-state index is 12.4. The molecule has 1 unspecified atom stereocenters. The van der Waals surface area contributed by atoms with E-state index in [0.29, 0.717) is 12.0 Å². The Kier molecular flexibility index (Phi) is 4.40. The molecule has 1 rings (SSSR count). The average Bonchev–Trinajstić information content (AvgIpc) is 2.27. The zero-order valence-corrected chi connectivity index (χ0v) is 9.79. The highest BCUT2D eigenvalue weighted by Gasteiger charge is 2.38. The predicted molar refractivity (Wildman–Crippen MR) is 59.8 cm³/mol. The second-order valence-electron chi connectivity index (χ2n) is 3.85. The van der Waals surface area contributed by atoms with Gasteiger partial charge in [0.1, 0.15) is 5.75 Å². The lowest BCUT2D eigenvalue weighted by Crippen LogP contribution is -2.31. The predicted octanol–water partition coefficient (Wildman–Crippen LogP) is 3.43. The van der Waals surface area contributed by atoms with Gasteiger partial charge in [-0.2, -0.15) is 13.2 Å². The van der Waals surface area contributed by atoms with Crippen molar-refractivity contribution in [3.8, 4) is 5.75 Å². The van der Waals surface area contributed by atoms with Crippen LogP contribution in [0.4, 0.5) is 13.2 Å². The first-order valence-electron chi connectivity index (χ1n) is 5.44. The molecule has 5 heteroatoms. The van der Waals surface area contributed by atoms with Gasteiger partial charge in [0.2, 0.25) is 0 Å². The molecule has 0 aliphatic heterocycles. The van der Waals surface area contributed by atoms with Crippen LogP contribution in [0.15, 0.2) is 24.3 Å². The first kappa shape index (κ1) is 13.8. The van der Waals surface area contributed by atoms with E-state index < -0.39 is 12.3 Å². The molecule has 0 amide bonds. The zero-order chi connectivity index (χ0) is 13.1. The van der Waals surface area contributed by atoms with Gasteiger partial charge in [0.25, 0.3) is 0 Å². The standard InChI is InChI=1S/C12H16F3NO/c1-3-10(16)9-6-4-5-7-11(9)17-8(2)12(13,14)15/h4-8,10H,3,16H2,1-2H3/t8?,10-/m1/s1. The molecule has 0 aliphatic carbocycles. The molecular weight excluding hydrogens is 231 g/mol. The van der Waals surface area contributed by atoms with Crippen LogP contribution in [-0.2, 0) is 0 Å². The second-order valence-corrected chi connectivity index (χ2v) is 3.85. The van der Waals surface area contributed by atoms with Gasteiger partial charge in [-0.3, -0.25) is 0 Å². The Balaban J connectivity index is 2.91. The minimum atomic E-state index is -4.37. The number of alkyl halides is 3. The van der Waals surface area contributed by atoms with E-state index >= 15 is 0 Å². The monoisotopic (exact) mass is 247 g/mol. The summed E-state index contributed by atoms with van der Waals surface area (Å²) in [5.74, 6) is 0.201. The van der Waals surface area contributed by atoms with Crippen molar-refractivity contribution in [2.24, 2.45) is 5.73 Å².